The van der Waals surface area contributed by atoms with Crippen LogP contribution in [0.2, 0.25) is 0 Å². The number of benzene rings is 2. The zero-order valence-electron chi connectivity index (χ0n) is 21.9. The molecule has 1 atom stereocenters. The minimum atomic E-state index is -4.42. The molecule has 1 heterocycles. The molecule has 2 aromatic carbocycles. The average molecular weight is 573 g/mol. The van der Waals surface area contributed by atoms with Crippen molar-refractivity contribution in [3.05, 3.63) is 66.2 Å². The van der Waals surface area contributed by atoms with Crippen LogP contribution in [-0.4, -0.2) is 75.0 Å². The predicted molar refractivity (Wildman–Crippen MR) is 141 cm³/mol. The van der Waals surface area contributed by atoms with Crippen LogP contribution in [0.15, 0.2) is 65.6 Å². The molecular weight excluding hydrogens is 540 g/mol. The monoisotopic (exact) mass is 572 g/mol. The number of ketones is 2. The number of hydrogen-bond donors (Lipinski definition) is 1. The molecule has 0 bridgehead atoms. The molecule has 1 aliphatic carbocycles. The Morgan fingerprint density at radius 2 is 1.52 bits per heavy atom. The first kappa shape index (κ1) is 29.4. The Hall–Kier alpha value is -3.61. The van der Waals surface area contributed by atoms with Gasteiger partial charge in [-0.3, -0.25) is 14.4 Å². The zero-order valence-corrected chi connectivity index (χ0v) is 22.7. The molecular formula is C28H32N2O9S. The molecule has 2 fully saturated rings. The molecule has 2 amide bonds. The molecule has 0 aromatic heterocycles. The number of carbonyl (C=O) groups excluding carboxylic acids is 4. The molecule has 40 heavy (non-hydrogen) atoms. The molecule has 1 saturated carbocycles. The van der Waals surface area contributed by atoms with Crippen LogP contribution >= 0.6 is 0 Å². The van der Waals surface area contributed by atoms with E-state index >= 15 is 0 Å². The number of amides is 2. The summed E-state index contributed by atoms with van der Waals surface area (Å²) in [6.45, 7) is 0.0389. The zero-order chi connectivity index (χ0) is 28.5. The van der Waals surface area contributed by atoms with Gasteiger partial charge in [0.05, 0.1) is 18.1 Å². The van der Waals surface area contributed by atoms with E-state index in [0.717, 1.165) is 12.8 Å². The van der Waals surface area contributed by atoms with Crippen molar-refractivity contribution >= 4 is 33.6 Å². The molecule has 4 rings (SSSR count). The molecule has 2 aromatic rings. The minimum absolute atomic E-state index is 0.0659. The molecule has 11 nitrogen and oxygen atoms in total. The fourth-order valence-electron chi connectivity index (χ4n) is 4.74. The van der Waals surface area contributed by atoms with Gasteiger partial charge in [-0.15, -0.1) is 0 Å². The molecule has 1 aliphatic heterocycles. The molecule has 1 saturated heterocycles. The van der Waals surface area contributed by atoms with Gasteiger partial charge in [0.2, 0.25) is 5.78 Å². The van der Waals surface area contributed by atoms with Gasteiger partial charge in [0.15, 0.2) is 6.10 Å². The second kappa shape index (κ2) is 13.6. The van der Waals surface area contributed by atoms with Gasteiger partial charge in [-0.05, 0) is 36.5 Å². The van der Waals surface area contributed by atoms with Gasteiger partial charge in [0.1, 0.15) is 12.8 Å². The van der Waals surface area contributed by atoms with Crippen LogP contribution in [0.1, 0.15) is 31.2 Å². The molecule has 0 spiro atoms. The lowest BCUT2D eigenvalue weighted by molar-refractivity contribution is -0.152. The van der Waals surface area contributed by atoms with Crippen LogP contribution in [0.25, 0.3) is 0 Å². The SMILES string of the molecule is O=C(NC(Cc1ccccc1)C(=O)C(=O)C(=O)N(CC1CCCC1)S(=O)(=O)c1ccccc1)OC1COCOC1. The topological polar surface area (TPSA) is 145 Å². The van der Waals surface area contributed by atoms with E-state index in [-0.39, 0.29) is 43.8 Å². The van der Waals surface area contributed by atoms with Crippen LogP contribution < -0.4 is 5.32 Å². The van der Waals surface area contributed by atoms with Gasteiger partial charge in [-0.1, -0.05) is 61.4 Å². The van der Waals surface area contributed by atoms with E-state index in [1.165, 1.54) is 24.3 Å². The van der Waals surface area contributed by atoms with Gasteiger partial charge in [-0.25, -0.2) is 17.5 Å². The van der Waals surface area contributed by atoms with E-state index in [0.29, 0.717) is 22.7 Å². The Bertz CT molecular complexity index is 1290. The van der Waals surface area contributed by atoms with Crippen molar-refractivity contribution in [1.29, 1.82) is 0 Å². The molecule has 0 radical (unpaired) electrons. The van der Waals surface area contributed by atoms with Crippen molar-refractivity contribution in [1.82, 2.24) is 9.62 Å². The second-order valence-electron chi connectivity index (χ2n) is 9.77. The van der Waals surface area contributed by atoms with Crippen LogP contribution in [0.4, 0.5) is 4.79 Å². The van der Waals surface area contributed by atoms with Crippen LogP contribution in [0, 0.1) is 5.92 Å². The summed E-state index contributed by atoms with van der Waals surface area (Å²) in [5.74, 6) is -4.37. The molecule has 12 heteroatoms. The quantitative estimate of drug-likeness (QED) is 0.316. The van der Waals surface area contributed by atoms with Gasteiger partial charge < -0.3 is 19.5 Å². The summed E-state index contributed by atoms with van der Waals surface area (Å²) in [6.07, 6.45) is 1.31. The first-order valence-corrected chi connectivity index (χ1v) is 14.6. The minimum Gasteiger partial charge on any atom is -0.441 e. The van der Waals surface area contributed by atoms with Crippen molar-refractivity contribution < 1.29 is 41.8 Å². The second-order valence-corrected chi connectivity index (χ2v) is 11.6. The first-order chi connectivity index (χ1) is 19.3. The summed E-state index contributed by atoms with van der Waals surface area (Å²) >= 11 is 0. The van der Waals surface area contributed by atoms with E-state index in [2.05, 4.69) is 5.32 Å². The number of nitrogens with zero attached hydrogens (tertiary/aromatic N) is 1. The van der Waals surface area contributed by atoms with Gasteiger partial charge in [0, 0.05) is 13.0 Å². The number of rotatable bonds is 11. The number of Topliss-reactive ketones (excluding diaryl/α,β-unsaturated/α-hetero) is 2. The Morgan fingerprint density at radius 3 is 2.15 bits per heavy atom. The lowest BCUT2D eigenvalue weighted by atomic mass is 9.99. The summed E-state index contributed by atoms with van der Waals surface area (Å²) in [5.41, 5.74) is 0.602. The van der Waals surface area contributed by atoms with Crippen LogP contribution in [0.5, 0.6) is 0 Å². The number of sulfonamides is 1. The van der Waals surface area contributed by atoms with E-state index in [9.17, 15) is 27.6 Å². The molecule has 214 valence electrons. The number of alkyl carbamates (subject to hydrolysis) is 1. The van der Waals surface area contributed by atoms with Crippen molar-refractivity contribution in [2.24, 2.45) is 5.92 Å². The number of hydrogen-bond acceptors (Lipinski definition) is 9. The van der Waals surface area contributed by atoms with Gasteiger partial charge >= 0.3 is 12.0 Å². The standard InChI is InChI=1S/C28H32N2O9S/c31-25(24(15-20-9-3-1-4-10-20)29-28(34)39-22-17-37-19-38-18-22)26(32)27(33)30(16-21-11-7-8-12-21)40(35,36)23-13-5-2-6-14-23/h1-6,9-10,13-14,21-22,24H,7-8,11-12,15-19H2,(H,29,34). The Labute approximate surface area is 232 Å². The Balaban J connectivity index is 1.56. The fourth-order valence-corrected chi connectivity index (χ4v) is 6.20. The van der Waals surface area contributed by atoms with Crippen molar-refractivity contribution in [3.63, 3.8) is 0 Å². The third-order valence-electron chi connectivity index (χ3n) is 6.81. The average Bonchev–Trinajstić information content (AvgIpc) is 3.49. The maximum absolute atomic E-state index is 13.5. The number of ether oxygens (including phenoxy) is 3. The number of nitrogens with one attached hydrogen (secondary N) is 1. The third-order valence-corrected chi connectivity index (χ3v) is 8.58. The molecule has 2 aliphatic rings. The van der Waals surface area contributed by atoms with E-state index in [1.807, 2.05) is 0 Å². The van der Waals surface area contributed by atoms with Crippen molar-refractivity contribution in [2.75, 3.05) is 26.6 Å². The molecule has 1 N–H and O–H groups in total. The van der Waals surface area contributed by atoms with E-state index in [1.54, 1.807) is 36.4 Å². The largest absolute Gasteiger partial charge is 0.441 e. The van der Waals surface area contributed by atoms with E-state index in [4.69, 9.17) is 14.2 Å². The van der Waals surface area contributed by atoms with Crippen molar-refractivity contribution in [3.8, 4) is 0 Å². The maximum atomic E-state index is 13.5. The summed E-state index contributed by atoms with van der Waals surface area (Å²) in [5, 5.41) is 2.37. The highest BCUT2D eigenvalue weighted by Crippen LogP contribution is 2.28. The maximum Gasteiger partial charge on any atom is 0.408 e. The highest BCUT2D eigenvalue weighted by atomic mass is 32.2. The normalized spacial score (nSPS) is 17.1. The first-order valence-electron chi connectivity index (χ1n) is 13.1. The highest BCUT2D eigenvalue weighted by molar-refractivity contribution is 7.89. The van der Waals surface area contributed by atoms with E-state index < -0.39 is 45.7 Å². The van der Waals surface area contributed by atoms with Crippen LogP contribution in [-0.2, 0) is 45.0 Å². The Morgan fingerprint density at radius 1 is 0.925 bits per heavy atom. The fraction of sp³-hybridized carbons (Fsp3) is 0.429. The number of carbonyl (C=O) groups is 4. The van der Waals surface area contributed by atoms with Crippen molar-refractivity contribution in [2.45, 2.75) is 49.1 Å². The predicted octanol–water partition coefficient (Wildman–Crippen LogP) is 2.24. The van der Waals surface area contributed by atoms with Crippen LogP contribution in [0.3, 0.4) is 0 Å². The highest BCUT2D eigenvalue weighted by Gasteiger charge is 2.40. The summed E-state index contributed by atoms with van der Waals surface area (Å²) < 4.78 is 42.9. The summed E-state index contributed by atoms with van der Waals surface area (Å²) in [4.78, 5) is 52.6. The lowest BCUT2D eigenvalue weighted by Gasteiger charge is -2.26. The summed E-state index contributed by atoms with van der Waals surface area (Å²) in [7, 11) is -4.42. The smallest absolute Gasteiger partial charge is 0.408 e. The third kappa shape index (κ3) is 7.52. The lowest BCUT2D eigenvalue weighted by Crippen LogP contribution is -2.52. The summed E-state index contributed by atoms with van der Waals surface area (Å²) in [6, 6.07) is 14.4. The molecule has 1 unspecified atom stereocenters. The van der Waals surface area contributed by atoms with Gasteiger partial charge in [0.25, 0.3) is 15.8 Å². The Kier molecular flexibility index (Phi) is 10.0. The van der Waals surface area contributed by atoms with Gasteiger partial charge in [-0.2, -0.15) is 0 Å².